The third kappa shape index (κ3) is 2.86. The Labute approximate surface area is 150 Å². The topological polar surface area (TPSA) is 66.5 Å². The van der Waals surface area contributed by atoms with E-state index in [0.29, 0.717) is 5.82 Å². The van der Waals surface area contributed by atoms with Crippen LogP contribution in [-0.4, -0.2) is 20.2 Å². The van der Waals surface area contributed by atoms with Crippen molar-refractivity contribution in [1.82, 2.24) is 20.2 Å². The Bertz CT molecular complexity index is 1150. The van der Waals surface area contributed by atoms with Crippen LogP contribution in [0.15, 0.2) is 80.0 Å². The van der Waals surface area contributed by atoms with Crippen molar-refractivity contribution in [2.45, 2.75) is 0 Å². The third-order valence-corrected chi connectivity index (χ3v) is 4.08. The lowest BCUT2D eigenvalue weighted by Gasteiger charge is -2.11. The van der Waals surface area contributed by atoms with Crippen molar-refractivity contribution in [3.63, 3.8) is 0 Å². The summed E-state index contributed by atoms with van der Waals surface area (Å²) in [6.45, 7) is 7.60. The number of rotatable bonds is 5. The lowest BCUT2D eigenvalue weighted by molar-refractivity contribution is 1.12. The van der Waals surface area contributed by atoms with E-state index in [9.17, 15) is 0 Å². The van der Waals surface area contributed by atoms with Gasteiger partial charge in [-0.3, -0.25) is 5.10 Å². The van der Waals surface area contributed by atoms with E-state index in [-0.39, 0.29) is 0 Å². The van der Waals surface area contributed by atoms with Crippen LogP contribution in [0.3, 0.4) is 0 Å². The van der Waals surface area contributed by atoms with Crippen molar-refractivity contribution >= 4 is 38.9 Å². The van der Waals surface area contributed by atoms with Gasteiger partial charge in [-0.05, 0) is 30.3 Å². The molecule has 0 aliphatic heterocycles. The van der Waals surface area contributed by atoms with Gasteiger partial charge in [0.2, 0.25) is 0 Å². The summed E-state index contributed by atoms with van der Waals surface area (Å²) in [6, 6.07) is 13.9. The lowest BCUT2D eigenvalue weighted by Crippen LogP contribution is -2.01. The summed E-state index contributed by atoms with van der Waals surface area (Å²) < 4.78 is 0. The van der Waals surface area contributed by atoms with Crippen molar-refractivity contribution in [3.8, 4) is 0 Å². The van der Waals surface area contributed by atoms with Crippen LogP contribution in [0.25, 0.3) is 27.4 Å². The number of fused-ring (bicyclic) bond motifs is 2. The summed E-state index contributed by atoms with van der Waals surface area (Å²) >= 11 is 0. The average Bonchev–Trinajstić information content (AvgIpc) is 3.14. The van der Waals surface area contributed by atoms with E-state index in [0.717, 1.165) is 38.9 Å². The first kappa shape index (κ1) is 15.8. The minimum absolute atomic E-state index is 0.602. The molecule has 5 heteroatoms. The average molecular weight is 339 g/mol. The van der Waals surface area contributed by atoms with Crippen LogP contribution in [0.1, 0.15) is 5.82 Å². The molecule has 0 radical (unpaired) electrons. The largest absolute Gasteiger partial charge is 0.340 e. The SMILES string of the molecule is C=C/C=C(\C=C)c1nc(Nc2ccc3[nH]ncc3c2)c2ccccc2n1. The first-order valence-corrected chi connectivity index (χ1v) is 8.21. The molecule has 2 aromatic heterocycles. The molecule has 26 heavy (non-hydrogen) atoms. The second kappa shape index (κ2) is 6.64. The highest BCUT2D eigenvalue weighted by Crippen LogP contribution is 2.27. The molecular weight excluding hydrogens is 322 g/mol. The number of para-hydroxylation sites is 1. The Morgan fingerprint density at radius 3 is 2.81 bits per heavy atom. The summed E-state index contributed by atoms with van der Waals surface area (Å²) in [7, 11) is 0. The molecule has 2 aromatic carbocycles. The fourth-order valence-electron chi connectivity index (χ4n) is 2.82. The Morgan fingerprint density at radius 1 is 1.08 bits per heavy atom. The number of aromatic nitrogens is 4. The van der Waals surface area contributed by atoms with E-state index in [1.807, 2.05) is 48.5 Å². The van der Waals surface area contributed by atoms with Gasteiger partial charge in [-0.2, -0.15) is 5.10 Å². The Balaban J connectivity index is 1.85. The van der Waals surface area contributed by atoms with Crippen LogP contribution in [0.2, 0.25) is 0 Å². The normalized spacial score (nSPS) is 11.6. The van der Waals surface area contributed by atoms with Gasteiger partial charge in [0.1, 0.15) is 5.82 Å². The predicted molar refractivity (Wildman–Crippen MR) is 107 cm³/mol. The van der Waals surface area contributed by atoms with E-state index in [4.69, 9.17) is 4.98 Å². The number of anilines is 2. The van der Waals surface area contributed by atoms with Crippen LogP contribution in [-0.2, 0) is 0 Å². The molecule has 0 atom stereocenters. The molecule has 5 nitrogen and oxygen atoms in total. The Morgan fingerprint density at radius 2 is 1.96 bits per heavy atom. The molecule has 0 spiro atoms. The van der Waals surface area contributed by atoms with Crippen LogP contribution < -0.4 is 5.32 Å². The van der Waals surface area contributed by atoms with Gasteiger partial charge < -0.3 is 5.32 Å². The molecule has 0 unspecified atom stereocenters. The molecule has 126 valence electrons. The van der Waals surface area contributed by atoms with Gasteiger partial charge >= 0.3 is 0 Å². The van der Waals surface area contributed by atoms with Crippen LogP contribution in [0.4, 0.5) is 11.5 Å². The summed E-state index contributed by atoms with van der Waals surface area (Å²) in [5.74, 6) is 1.34. The number of aromatic amines is 1. The van der Waals surface area contributed by atoms with Crippen molar-refractivity contribution in [1.29, 1.82) is 0 Å². The van der Waals surface area contributed by atoms with Gasteiger partial charge in [0.15, 0.2) is 5.82 Å². The number of hydrogen-bond donors (Lipinski definition) is 2. The van der Waals surface area contributed by atoms with Gasteiger partial charge in [-0.25, -0.2) is 9.97 Å². The number of benzene rings is 2. The first-order valence-electron chi connectivity index (χ1n) is 8.21. The number of H-pyrrole nitrogens is 1. The number of allylic oxidation sites excluding steroid dienone is 4. The lowest BCUT2D eigenvalue weighted by atomic mass is 10.1. The van der Waals surface area contributed by atoms with Crippen molar-refractivity contribution in [2.75, 3.05) is 5.32 Å². The minimum atomic E-state index is 0.602. The highest BCUT2D eigenvalue weighted by atomic mass is 15.1. The van der Waals surface area contributed by atoms with E-state index >= 15 is 0 Å². The zero-order chi connectivity index (χ0) is 17.9. The molecule has 0 saturated heterocycles. The van der Waals surface area contributed by atoms with Gasteiger partial charge in [0.05, 0.1) is 17.2 Å². The van der Waals surface area contributed by atoms with Crippen molar-refractivity contribution in [2.24, 2.45) is 0 Å². The van der Waals surface area contributed by atoms with E-state index in [1.54, 1.807) is 18.3 Å². The fraction of sp³-hybridized carbons (Fsp3) is 0. The monoisotopic (exact) mass is 339 g/mol. The fourth-order valence-corrected chi connectivity index (χ4v) is 2.82. The zero-order valence-corrected chi connectivity index (χ0v) is 14.1. The summed E-state index contributed by atoms with van der Waals surface area (Å²) in [5, 5.41) is 12.4. The number of hydrogen-bond acceptors (Lipinski definition) is 4. The van der Waals surface area contributed by atoms with E-state index < -0.39 is 0 Å². The number of nitrogens with zero attached hydrogens (tertiary/aromatic N) is 3. The smallest absolute Gasteiger partial charge is 0.162 e. The van der Waals surface area contributed by atoms with Crippen molar-refractivity contribution in [3.05, 3.63) is 85.9 Å². The third-order valence-electron chi connectivity index (χ3n) is 4.08. The van der Waals surface area contributed by atoms with E-state index in [1.165, 1.54) is 0 Å². The van der Waals surface area contributed by atoms with Gasteiger partial charge in [0, 0.05) is 22.0 Å². The molecule has 0 bridgehead atoms. The highest BCUT2D eigenvalue weighted by Gasteiger charge is 2.10. The molecule has 0 aliphatic carbocycles. The predicted octanol–water partition coefficient (Wildman–Crippen LogP) is 5.01. The van der Waals surface area contributed by atoms with Crippen LogP contribution in [0, 0.1) is 0 Å². The molecule has 0 saturated carbocycles. The molecule has 4 aromatic rings. The van der Waals surface area contributed by atoms with Gasteiger partial charge in [-0.1, -0.05) is 43.5 Å². The maximum Gasteiger partial charge on any atom is 0.162 e. The molecule has 0 aliphatic rings. The van der Waals surface area contributed by atoms with E-state index in [2.05, 4.69) is 33.7 Å². The van der Waals surface area contributed by atoms with Gasteiger partial charge in [0.25, 0.3) is 0 Å². The Kier molecular flexibility index (Phi) is 4.03. The second-order valence-electron chi connectivity index (χ2n) is 5.77. The van der Waals surface area contributed by atoms with Gasteiger partial charge in [-0.15, -0.1) is 0 Å². The quantitative estimate of drug-likeness (QED) is 0.502. The van der Waals surface area contributed by atoms with Crippen molar-refractivity contribution < 1.29 is 0 Å². The van der Waals surface area contributed by atoms with Crippen LogP contribution in [0.5, 0.6) is 0 Å². The number of nitrogens with one attached hydrogen (secondary N) is 2. The maximum absolute atomic E-state index is 4.72. The molecule has 2 N–H and O–H groups in total. The second-order valence-corrected chi connectivity index (χ2v) is 5.77. The highest BCUT2D eigenvalue weighted by molar-refractivity contribution is 5.93. The molecule has 4 rings (SSSR count). The van der Waals surface area contributed by atoms with Crippen LogP contribution >= 0.6 is 0 Å². The standard InChI is InChI=1S/C21H17N5/c1-3-7-14(4-2)20-24-19-9-6-5-8-17(19)21(25-20)23-16-10-11-18-15(12-16)13-22-26-18/h3-13H,1-2H2,(H,22,26)(H,23,24,25)/b14-7+. The Hall–Kier alpha value is -3.73. The minimum Gasteiger partial charge on any atom is -0.340 e. The summed E-state index contributed by atoms with van der Waals surface area (Å²) in [6.07, 6.45) is 7.08. The molecule has 0 fully saturated rings. The zero-order valence-electron chi connectivity index (χ0n) is 14.1. The maximum atomic E-state index is 4.72. The summed E-state index contributed by atoms with van der Waals surface area (Å²) in [5.41, 5.74) is 3.61. The molecule has 2 heterocycles. The molecular formula is C21H17N5. The molecule has 0 amide bonds. The first-order chi connectivity index (χ1) is 12.8. The summed E-state index contributed by atoms with van der Waals surface area (Å²) in [4.78, 5) is 9.38.